The van der Waals surface area contributed by atoms with E-state index in [2.05, 4.69) is 0 Å². The third kappa shape index (κ3) is 1.52. The molecule has 0 saturated heterocycles. The summed E-state index contributed by atoms with van der Waals surface area (Å²) in [5, 5.41) is 0. The standard InChI is InChI=1S/C11H16O4/c1-14-10(12)8-6-3-4-7(5-6)9(8)11(13)15-2/h6-9H,3-5H2,1-2H3/t6-,7-,8?,9?/m0/s1. The van der Waals surface area contributed by atoms with Gasteiger partial charge in [0.05, 0.1) is 26.1 Å². The van der Waals surface area contributed by atoms with Gasteiger partial charge in [-0.15, -0.1) is 0 Å². The number of ether oxygens (including phenoxy) is 2. The largest absolute Gasteiger partial charge is 0.469 e. The molecule has 84 valence electrons. The topological polar surface area (TPSA) is 52.6 Å². The molecule has 4 atom stereocenters. The molecule has 0 aliphatic heterocycles. The summed E-state index contributed by atoms with van der Waals surface area (Å²) in [7, 11) is 2.76. The summed E-state index contributed by atoms with van der Waals surface area (Å²) < 4.78 is 9.53. The first-order valence-electron chi connectivity index (χ1n) is 5.34. The van der Waals surface area contributed by atoms with Gasteiger partial charge in [0, 0.05) is 0 Å². The van der Waals surface area contributed by atoms with Gasteiger partial charge in [0.25, 0.3) is 0 Å². The molecule has 4 nitrogen and oxygen atoms in total. The molecule has 2 aliphatic rings. The van der Waals surface area contributed by atoms with Crippen molar-refractivity contribution >= 4 is 11.9 Å². The quantitative estimate of drug-likeness (QED) is 0.641. The van der Waals surface area contributed by atoms with Crippen molar-refractivity contribution in [3.63, 3.8) is 0 Å². The van der Waals surface area contributed by atoms with Gasteiger partial charge in [-0.3, -0.25) is 9.59 Å². The monoisotopic (exact) mass is 212 g/mol. The van der Waals surface area contributed by atoms with Crippen LogP contribution in [-0.2, 0) is 19.1 Å². The SMILES string of the molecule is COC(=O)C1C(C(=O)OC)[C@H]2CC[C@H]1C2. The van der Waals surface area contributed by atoms with E-state index in [4.69, 9.17) is 9.47 Å². The molecule has 0 N–H and O–H groups in total. The molecule has 0 heterocycles. The Balaban J connectivity index is 2.19. The van der Waals surface area contributed by atoms with Crippen molar-refractivity contribution in [1.29, 1.82) is 0 Å². The first-order valence-corrected chi connectivity index (χ1v) is 5.34. The van der Waals surface area contributed by atoms with Crippen LogP contribution in [0, 0.1) is 23.7 Å². The fourth-order valence-electron chi connectivity index (χ4n) is 3.24. The molecule has 0 spiro atoms. The van der Waals surface area contributed by atoms with Crippen LogP contribution in [0.1, 0.15) is 19.3 Å². The van der Waals surface area contributed by atoms with Crippen LogP contribution in [-0.4, -0.2) is 26.2 Å². The molecule has 0 aromatic carbocycles. The Kier molecular flexibility index (Phi) is 2.67. The Morgan fingerprint density at radius 1 is 0.933 bits per heavy atom. The maximum Gasteiger partial charge on any atom is 0.309 e. The zero-order valence-electron chi connectivity index (χ0n) is 9.06. The van der Waals surface area contributed by atoms with Crippen molar-refractivity contribution in [2.45, 2.75) is 19.3 Å². The normalized spacial score (nSPS) is 37.7. The van der Waals surface area contributed by atoms with Crippen LogP contribution in [0.2, 0.25) is 0 Å². The third-order valence-electron chi connectivity index (χ3n) is 3.86. The second kappa shape index (κ2) is 3.83. The molecule has 0 aromatic rings. The second-order valence-corrected chi connectivity index (χ2v) is 4.43. The van der Waals surface area contributed by atoms with Crippen molar-refractivity contribution in [3.8, 4) is 0 Å². The maximum absolute atomic E-state index is 11.6. The van der Waals surface area contributed by atoms with E-state index in [1.54, 1.807) is 0 Å². The van der Waals surface area contributed by atoms with E-state index in [1.165, 1.54) is 14.2 Å². The lowest BCUT2D eigenvalue weighted by atomic mass is 9.79. The molecule has 4 heteroatoms. The summed E-state index contributed by atoms with van der Waals surface area (Å²) in [5.41, 5.74) is 0. The van der Waals surface area contributed by atoms with Crippen molar-refractivity contribution < 1.29 is 19.1 Å². The Hall–Kier alpha value is -1.06. The molecule has 0 amide bonds. The summed E-state index contributed by atoms with van der Waals surface area (Å²) in [4.78, 5) is 23.2. The summed E-state index contributed by atoms with van der Waals surface area (Å²) in [5.74, 6) is -0.379. The summed E-state index contributed by atoms with van der Waals surface area (Å²) >= 11 is 0. The molecule has 0 radical (unpaired) electrons. The van der Waals surface area contributed by atoms with Crippen molar-refractivity contribution in [2.24, 2.45) is 23.7 Å². The van der Waals surface area contributed by atoms with E-state index >= 15 is 0 Å². The molecule has 2 saturated carbocycles. The summed E-state index contributed by atoms with van der Waals surface area (Å²) in [6, 6.07) is 0. The summed E-state index contributed by atoms with van der Waals surface area (Å²) in [6.45, 7) is 0. The van der Waals surface area contributed by atoms with Crippen LogP contribution >= 0.6 is 0 Å². The van der Waals surface area contributed by atoms with Crippen molar-refractivity contribution in [1.82, 2.24) is 0 Å². The number of carbonyl (C=O) groups is 2. The van der Waals surface area contributed by atoms with E-state index < -0.39 is 0 Å². The number of carbonyl (C=O) groups excluding carboxylic acids is 2. The lowest BCUT2D eigenvalue weighted by molar-refractivity contribution is -0.160. The van der Waals surface area contributed by atoms with Crippen LogP contribution in [0.4, 0.5) is 0 Å². The number of esters is 2. The van der Waals surface area contributed by atoms with Gasteiger partial charge in [-0.25, -0.2) is 0 Å². The highest BCUT2D eigenvalue weighted by atomic mass is 16.5. The van der Waals surface area contributed by atoms with E-state index in [-0.39, 0.29) is 23.8 Å². The van der Waals surface area contributed by atoms with E-state index in [1.807, 2.05) is 0 Å². The van der Waals surface area contributed by atoms with Gasteiger partial charge in [-0.2, -0.15) is 0 Å². The number of hydrogen-bond acceptors (Lipinski definition) is 4. The second-order valence-electron chi connectivity index (χ2n) is 4.43. The lowest BCUT2D eigenvalue weighted by Crippen LogP contribution is -2.36. The molecule has 2 aliphatic carbocycles. The number of rotatable bonds is 2. The number of methoxy groups -OCH3 is 2. The highest BCUT2D eigenvalue weighted by Gasteiger charge is 2.54. The minimum absolute atomic E-state index is 0.252. The predicted octanol–water partition coefficient (Wildman–Crippen LogP) is 0.995. The first kappa shape index (κ1) is 10.5. The van der Waals surface area contributed by atoms with Crippen LogP contribution in [0.15, 0.2) is 0 Å². The van der Waals surface area contributed by atoms with Gasteiger partial charge < -0.3 is 9.47 Å². The van der Waals surface area contributed by atoms with Gasteiger partial charge in [-0.1, -0.05) is 0 Å². The Morgan fingerprint density at radius 2 is 1.33 bits per heavy atom. The minimum atomic E-state index is -0.263. The van der Waals surface area contributed by atoms with Crippen molar-refractivity contribution in [2.75, 3.05) is 14.2 Å². The predicted molar refractivity (Wildman–Crippen MR) is 51.8 cm³/mol. The maximum atomic E-state index is 11.6. The highest BCUT2D eigenvalue weighted by Crippen LogP contribution is 2.52. The van der Waals surface area contributed by atoms with E-state index in [0.717, 1.165) is 19.3 Å². The zero-order valence-corrected chi connectivity index (χ0v) is 9.06. The van der Waals surface area contributed by atoms with Gasteiger partial charge in [0.1, 0.15) is 0 Å². The lowest BCUT2D eigenvalue weighted by Gasteiger charge is -2.26. The Morgan fingerprint density at radius 3 is 1.67 bits per heavy atom. The van der Waals surface area contributed by atoms with Crippen LogP contribution < -0.4 is 0 Å². The van der Waals surface area contributed by atoms with Crippen LogP contribution in [0.25, 0.3) is 0 Å². The molecular weight excluding hydrogens is 196 g/mol. The summed E-state index contributed by atoms with van der Waals surface area (Å²) in [6.07, 6.45) is 3.05. The smallest absolute Gasteiger partial charge is 0.309 e. The zero-order chi connectivity index (χ0) is 11.0. The molecular formula is C11H16O4. The average molecular weight is 212 g/mol. The van der Waals surface area contributed by atoms with Gasteiger partial charge >= 0.3 is 11.9 Å². The molecule has 0 aromatic heterocycles. The molecule has 2 unspecified atom stereocenters. The average Bonchev–Trinajstić information content (AvgIpc) is 2.86. The first-order chi connectivity index (χ1) is 7.19. The van der Waals surface area contributed by atoms with Crippen molar-refractivity contribution in [3.05, 3.63) is 0 Å². The Labute approximate surface area is 88.9 Å². The fraction of sp³-hybridized carbons (Fsp3) is 0.818. The Bertz CT molecular complexity index is 258. The number of fused-ring (bicyclic) bond motifs is 2. The van der Waals surface area contributed by atoms with E-state index in [9.17, 15) is 9.59 Å². The molecule has 2 bridgehead atoms. The van der Waals surface area contributed by atoms with Gasteiger partial charge in [-0.05, 0) is 31.1 Å². The molecule has 2 fully saturated rings. The molecule has 15 heavy (non-hydrogen) atoms. The minimum Gasteiger partial charge on any atom is -0.469 e. The highest BCUT2D eigenvalue weighted by molar-refractivity contribution is 5.83. The van der Waals surface area contributed by atoms with Gasteiger partial charge in [0.15, 0.2) is 0 Å². The third-order valence-corrected chi connectivity index (χ3v) is 3.86. The van der Waals surface area contributed by atoms with E-state index in [0.29, 0.717) is 11.8 Å². The van der Waals surface area contributed by atoms with Gasteiger partial charge in [0.2, 0.25) is 0 Å². The fourth-order valence-corrected chi connectivity index (χ4v) is 3.24. The molecule has 2 rings (SSSR count). The van der Waals surface area contributed by atoms with Crippen LogP contribution in [0.5, 0.6) is 0 Å². The van der Waals surface area contributed by atoms with Crippen LogP contribution in [0.3, 0.4) is 0 Å². The number of hydrogen-bond donors (Lipinski definition) is 0.